The summed E-state index contributed by atoms with van der Waals surface area (Å²) in [6.45, 7) is 4.26. The van der Waals surface area contributed by atoms with E-state index in [2.05, 4.69) is 10.6 Å². The van der Waals surface area contributed by atoms with E-state index in [0.717, 1.165) is 22.0 Å². The van der Waals surface area contributed by atoms with E-state index in [1.54, 1.807) is 30.5 Å². The number of rotatable bonds is 9. The average Bonchev–Trinajstić information content (AvgIpc) is 3.55. The van der Waals surface area contributed by atoms with Gasteiger partial charge in [0.05, 0.1) is 49.8 Å². The normalized spacial score (nSPS) is 14.7. The number of aromatic nitrogens is 2. The first-order valence-corrected chi connectivity index (χ1v) is 15.8. The predicted molar refractivity (Wildman–Crippen MR) is 179 cm³/mol. The van der Waals surface area contributed by atoms with Crippen LogP contribution in [0, 0.1) is 0 Å². The third-order valence-electron chi connectivity index (χ3n) is 7.87. The number of hydrogen-bond donors (Lipinski definition) is 0. The fraction of sp³-hybridized carbons (Fsp3) is 0.229. The number of methoxy groups -OCH3 is 3. The molecule has 9 nitrogen and oxygen atoms in total. The second-order valence-corrected chi connectivity index (χ2v) is 12.1. The third-order valence-corrected chi connectivity index (χ3v) is 9.09. The maximum Gasteiger partial charge on any atom is 0.338 e. The van der Waals surface area contributed by atoms with Gasteiger partial charge in [-0.15, -0.1) is 0 Å². The first kappa shape index (κ1) is 31.2. The highest BCUT2D eigenvalue weighted by molar-refractivity contribution is 7.07. The van der Waals surface area contributed by atoms with Crippen molar-refractivity contribution in [3.8, 4) is 17.2 Å². The minimum absolute atomic E-state index is 0.168. The van der Waals surface area contributed by atoms with E-state index < -0.39 is 12.0 Å². The molecule has 0 radical (unpaired) electrons. The van der Waals surface area contributed by atoms with Gasteiger partial charge in [0.15, 0.2) is 16.3 Å². The van der Waals surface area contributed by atoms with Crippen LogP contribution in [-0.4, -0.2) is 43.0 Å². The lowest BCUT2D eigenvalue weighted by Gasteiger charge is -2.26. The molecule has 0 spiro atoms. The van der Waals surface area contributed by atoms with Gasteiger partial charge in [0, 0.05) is 34.2 Å². The van der Waals surface area contributed by atoms with Crippen molar-refractivity contribution < 1.29 is 23.7 Å². The Bertz CT molecular complexity index is 2170. The van der Waals surface area contributed by atoms with Crippen molar-refractivity contribution in [3.05, 3.63) is 120 Å². The zero-order valence-corrected chi connectivity index (χ0v) is 27.6. The Balaban J connectivity index is 1.55. The lowest BCUT2D eigenvalue weighted by molar-refractivity contribution is -0.139. The molecule has 236 valence electrons. The number of halogens is 1. The first-order chi connectivity index (χ1) is 22.3. The number of benzene rings is 3. The molecular weight excluding hydrogens is 626 g/mol. The Hall–Kier alpha value is -4.80. The fourth-order valence-corrected chi connectivity index (χ4v) is 7.11. The van der Waals surface area contributed by atoms with Crippen LogP contribution in [0.3, 0.4) is 0 Å². The van der Waals surface area contributed by atoms with Crippen molar-refractivity contribution in [2.45, 2.75) is 26.4 Å². The van der Waals surface area contributed by atoms with E-state index >= 15 is 0 Å². The SMILES string of the molecule is CCOC(=O)C1=C(C)N=c2s/c(=C\c3cn(Cc4cccc(Cl)c4)c4ccccc34)c(=O)n2[C@H]1c1cc(OC)c(OC)c(OC)c1. The number of carbonyl (C=O) groups is 1. The molecule has 0 unspecified atom stereocenters. The van der Waals surface area contributed by atoms with E-state index in [1.807, 2.05) is 54.7 Å². The highest BCUT2D eigenvalue weighted by Crippen LogP contribution is 2.42. The molecule has 3 aromatic carbocycles. The Morgan fingerprint density at radius 3 is 2.43 bits per heavy atom. The first-order valence-electron chi connectivity index (χ1n) is 14.6. The van der Waals surface area contributed by atoms with Gasteiger partial charge in [-0.05, 0) is 61.4 Å². The van der Waals surface area contributed by atoms with Crippen LogP contribution >= 0.6 is 22.9 Å². The van der Waals surface area contributed by atoms with Gasteiger partial charge < -0.3 is 23.5 Å². The van der Waals surface area contributed by atoms with Crippen LogP contribution < -0.4 is 29.1 Å². The zero-order chi connectivity index (χ0) is 32.5. The number of allylic oxidation sites excluding steroid dienone is 1. The van der Waals surface area contributed by atoms with Crippen molar-refractivity contribution in [2.75, 3.05) is 27.9 Å². The van der Waals surface area contributed by atoms with Crippen LogP contribution in [0.25, 0.3) is 17.0 Å². The number of nitrogens with zero attached hydrogens (tertiary/aromatic N) is 3. The van der Waals surface area contributed by atoms with Crippen LogP contribution in [-0.2, 0) is 16.1 Å². The summed E-state index contributed by atoms with van der Waals surface area (Å²) in [5, 5.41) is 1.68. The number of hydrogen-bond acceptors (Lipinski definition) is 8. The molecule has 1 atom stereocenters. The van der Waals surface area contributed by atoms with Gasteiger partial charge in [-0.2, -0.15) is 0 Å². The van der Waals surface area contributed by atoms with Crippen LogP contribution in [0.5, 0.6) is 17.2 Å². The molecule has 0 fully saturated rings. The summed E-state index contributed by atoms with van der Waals surface area (Å²) in [7, 11) is 4.55. The van der Waals surface area contributed by atoms with E-state index in [4.69, 9.17) is 35.5 Å². The van der Waals surface area contributed by atoms with Crippen molar-refractivity contribution in [1.82, 2.24) is 9.13 Å². The zero-order valence-electron chi connectivity index (χ0n) is 26.0. The van der Waals surface area contributed by atoms with E-state index in [-0.39, 0.29) is 17.7 Å². The molecule has 0 saturated carbocycles. The van der Waals surface area contributed by atoms with Gasteiger partial charge in [-0.3, -0.25) is 9.36 Å². The van der Waals surface area contributed by atoms with Crippen molar-refractivity contribution in [2.24, 2.45) is 4.99 Å². The molecule has 1 aliphatic heterocycles. The topological polar surface area (TPSA) is 93.3 Å². The second-order valence-electron chi connectivity index (χ2n) is 10.6. The van der Waals surface area contributed by atoms with E-state index in [0.29, 0.717) is 49.4 Å². The van der Waals surface area contributed by atoms with Crippen LogP contribution in [0.2, 0.25) is 5.02 Å². The lowest BCUT2D eigenvalue weighted by Crippen LogP contribution is -2.40. The van der Waals surface area contributed by atoms with Crippen LogP contribution in [0.1, 0.15) is 36.6 Å². The molecule has 0 aliphatic carbocycles. The third kappa shape index (κ3) is 5.59. The Morgan fingerprint density at radius 2 is 1.76 bits per heavy atom. The fourth-order valence-electron chi connectivity index (χ4n) is 5.86. The molecule has 5 aromatic rings. The number of carbonyl (C=O) groups excluding carboxylic acids is 1. The Morgan fingerprint density at radius 1 is 1.02 bits per heavy atom. The summed E-state index contributed by atoms with van der Waals surface area (Å²) in [6.07, 6.45) is 3.92. The smallest absolute Gasteiger partial charge is 0.338 e. The predicted octanol–water partition coefficient (Wildman–Crippen LogP) is 5.48. The lowest BCUT2D eigenvalue weighted by atomic mass is 9.95. The molecule has 0 N–H and O–H groups in total. The van der Waals surface area contributed by atoms with Crippen LogP contribution in [0.15, 0.2) is 87.9 Å². The highest BCUT2D eigenvalue weighted by atomic mass is 35.5. The maximum atomic E-state index is 14.3. The van der Waals surface area contributed by atoms with E-state index in [9.17, 15) is 9.59 Å². The monoisotopic (exact) mass is 657 g/mol. The van der Waals surface area contributed by atoms with Gasteiger partial charge >= 0.3 is 5.97 Å². The number of ether oxygens (including phenoxy) is 4. The van der Waals surface area contributed by atoms with Crippen molar-refractivity contribution in [3.63, 3.8) is 0 Å². The molecule has 11 heteroatoms. The van der Waals surface area contributed by atoms with Crippen molar-refractivity contribution >= 4 is 45.9 Å². The summed E-state index contributed by atoms with van der Waals surface area (Å²) < 4.78 is 26.4. The van der Waals surface area contributed by atoms with E-state index in [1.165, 1.54) is 32.7 Å². The maximum absolute atomic E-state index is 14.3. The summed E-state index contributed by atoms with van der Waals surface area (Å²) in [4.78, 5) is 32.9. The summed E-state index contributed by atoms with van der Waals surface area (Å²) in [5.41, 5.74) is 3.98. The molecule has 0 amide bonds. The van der Waals surface area contributed by atoms with Crippen LogP contribution in [0.4, 0.5) is 0 Å². The van der Waals surface area contributed by atoms with Crippen molar-refractivity contribution in [1.29, 1.82) is 0 Å². The molecule has 6 rings (SSSR count). The summed E-state index contributed by atoms with van der Waals surface area (Å²) in [5.74, 6) is 0.628. The molecular formula is C35H32ClN3O6S. The standard InChI is InChI=1S/C35H32ClN3O6S/c1-6-45-34(41)30-20(2)37-35-39(31(30)22-15-27(42-3)32(44-5)28(16-22)43-4)33(40)29(46-35)17-23-19-38(26-13-8-7-12-25(23)26)18-21-10-9-11-24(36)14-21/h7-17,19,31H,6,18H2,1-5H3/b29-17-/t31-/m0/s1. The molecule has 2 aromatic heterocycles. The van der Waals surface area contributed by atoms with Gasteiger partial charge in [0.1, 0.15) is 0 Å². The molecule has 46 heavy (non-hydrogen) atoms. The Kier molecular flexibility index (Phi) is 8.75. The minimum Gasteiger partial charge on any atom is -0.493 e. The molecule has 3 heterocycles. The van der Waals surface area contributed by atoms with Gasteiger partial charge in [-0.25, -0.2) is 9.79 Å². The number of esters is 1. The highest BCUT2D eigenvalue weighted by Gasteiger charge is 2.34. The number of fused-ring (bicyclic) bond motifs is 2. The van der Waals surface area contributed by atoms with Gasteiger partial charge in [0.25, 0.3) is 5.56 Å². The quantitative estimate of drug-likeness (QED) is 0.195. The summed E-state index contributed by atoms with van der Waals surface area (Å²) >= 11 is 7.52. The molecule has 0 bridgehead atoms. The number of thiazole rings is 1. The molecule has 0 saturated heterocycles. The van der Waals surface area contributed by atoms with Gasteiger partial charge in [-0.1, -0.05) is 53.3 Å². The second kappa shape index (κ2) is 12.9. The largest absolute Gasteiger partial charge is 0.493 e. The summed E-state index contributed by atoms with van der Waals surface area (Å²) in [6, 6.07) is 18.4. The average molecular weight is 658 g/mol. The number of para-hydroxylation sites is 1. The van der Waals surface area contributed by atoms with Gasteiger partial charge in [0.2, 0.25) is 5.75 Å². The molecule has 1 aliphatic rings. The Labute approximate surface area is 274 Å². The minimum atomic E-state index is -0.852.